The third-order valence-corrected chi connectivity index (χ3v) is 6.66. The maximum Gasteiger partial charge on any atom is 0.412 e. The lowest BCUT2D eigenvalue weighted by Gasteiger charge is -2.19. The van der Waals surface area contributed by atoms with Crippen molar-refractivity contribution < 1.29 is 24.2 Å². The number of amides is 2. The highest BCUT2D eigenvalue weighted by Gasteiger charge is 2.42. The number of hydrogen-bond donors (Lipinski definition) is 3. The number of carbonyl (C=O) groups is 3. The molecule has 5 rings (SSSR count). The van der Waals surface area contributed by atoms with Gasteiger partial charge in [0.1, 0.15) is 12.3 Å². The van der Waals surface area contributed by atoms with Gasteiger partial charge in [-0.1, -0.05) is 48.5 Å². The van der Waals surface area contributed by atoms with Crippen molar-refractivity contribution in [2.45, 2.75) is 19.3 Å². The normalized spacial score (nSPS) is 18.9. The van der Waals surface area contributed by atoms with E-state index >= 15 is 0 Å². The fourth-order valence-corrected chi connectivity index (χ4v) is 4.71. The van der Waals surface area contributed by atoms with E-state index in [9.17, 15) is 19.5 Å². The van der Waals surface area contributed by atoms with Crippen molar-refractivity contribution in [3.05, 3.63) is 71.4 Å². The largest absolute Gasteiger partial charge is 0.481 e. The molecule has 174 valence electrons. The minimum absolute atomic E-state index is 0.0619. The number of likely N-dealkylation sites (tertiary alicyclic amines) is 1. The standard InChI is InChI=1S/C25H24N4O5/c1-25(23(31)32)10-11-29(14-25)22(30)20-12-21(28-27-20)26-24(33)34-13-19-17-8-4-2-6-15(17)16-7-3-5-9-18(16)19/h2-9,12,19H,10-11,13-14H2,1H3,(H,31,32)(H2,26,27,28,33). The number of aromatic nitrogens is 2. The lowest BCUT2D eigenvalue weighted by molar-refractivity contribution is -0.147. The Kier molecular flexibility index (Phi) is 5.31. The number of anilines is 1. The number of aromatic amines is 1. The molecule has 1 saturated heterocycles. The fraction of sp³-hybridized carbons (Fsp3) is 0.280. The summed E-state index contributed by atoms with van der Waals surface area (Å²) in [4.78, 5) is 38.0. The second-order valence-corrected chi connectivity index (χ2v) is 8.96. The van der Waals surface area contributed by atoms with Crippen LogP contribution in [0.3, 0.4) is 0 Å². The molecule has 3 aromatic rings. The van der Waals surface area contributed by atoms with Crippen LogP contribution in [0.5, 0.6) is 0 Å². The molecule has 1 aliphatic carbocycles. The molecular weight excluding hydrogens is 436 g/mol. The number of rotatable bonds is 5. The number of carboxylic acid groups (broad SMARTS) is 1. The SMILES string of the molecule is CC1(C(=O)O)CCN(C(=O)c2cc(NC(=O)OCC3c4ccccc4-c4ccccc43)n[nH]2)C1. The van der Waals surface area contributed by atoms with Gasteiger partial charge in [0, 0.05) is 25.1 Å². The molecule has 1 unspecified atom stereocenters. The minimum Gasteiger partial charge on any atom is -0.481 e. The smallest absolute Gasteiger partial charge is 0.412 e. The number of H-pyrrole nitrogens is 1. The fourth-order valence-electron chi connectivity index (χ4n) is 4.71. The van der Waals surface area contributed by atoms with Gasteiger partial charge < -0.3 is 14.7 Å². The van der Waals surface area contributed by atoms with Gasteiger partial charge in [-0.25, -0.2) is 4.79 Å². The van der Waals surface area contributed by atoms with E-state index in [4.69, 9.17) is 4.74 Å². The molecule has 2 aliphatic rings. The number of hydrogen-bond acceptors (Lipinski definition) is 5. The lowest BCUT2D eigenvalue weighted by Crippen LogP contribution is -2.35. The van der Waals surface area contributed by atoms with Crippen LogP contribution in [-0.2, 0) is 9.53 Å². The monoisotopic (exact) mass is 460 g/mol. The molecule has 2 aromatic carbocycles. The summed E-state index contributed by atoms with van der Waals surface area (Å²) in [5, 5.41) is 18.5. The van der Waals surface area contributed by atoms with Crippen LogP contribution in [0, 0.1) is 5.41 Å². The highest BCUT2D eigenvalue weighted by Crippen LogP contribution is 2.44. The number of ether oxygens (including phenoxy) is 1. The van der Waals surface area contributed by atoms with Crippen molar-refractivity contribution >= 4 is 23.8 Å². The van der Waals surface area contributed by atoms with Gasteiger partial charge in [-0.2, -0.15) is 5.10 Å². The summed E-state index contributed by atoms with van der Waals surface area (Å²) >= 11 is 0. The van der Waals surface area contributed by atoms with Gasteiger partial charge >= 0.3 is 12.1 Å². The number of fused-ring (bicyclic) bond motifs is 3. The Bertz CT molecular complexity index is 1240. The third-order valence-electron chi connectivity index (χ3n) is 6.66. The molecule has 9 heteroatoms. The maximum atomic E-state index is 12.7. The molecule has 1 aliphatic heterocycles. The summed E-state index contributed by atoms with van der Waals surface area (Å²) in [6.07, 6.45) is -0.292. The molecule has 2 amide bonds. The number of nitrogens with one attached hydrogen (secondary N) is 2. The zero-order chi connectivity index (χ0) is 23.9. The van der Waals surface area contributed by atoms with Gasteiger partial charge in [-0.15, -0.1) is 0 Å². The van der Waals surface area contributed by atoms with Crippen molar-refractivity contribution in [1.82, 2.24) is 15.1 Å². The first kappa shape index (κ1) is 21.7. The lowest BCUT2D eigenvalue weighted by atomic mass is 9.90. The van der Waals surface area contributed by atoms with Gasteiger partial charge in [-0.3, -0.25) is 20.0 Å². The Hall–Kier alpha value is -4.14. The minimum atomic E-state index is -0.960. The van der Waals surface area contributed by atoms with E-state index in [0.29, 0.717) is 13.0 Å². The van der Waals surface area contributed by atoms with Crippen LogP contribution < -0.4 is 5.32 Å². The maximum absolute atomic E-state index is 12.7. The van der Waals surface area contributed by atoms with E-state index in [1.54, 1.807) is 6.92 Å². The first-order valence-electron chi connectivity index (χ1n) is 11.1. The van der Waals surface area contributed by atoms with Crippen molar-refractivity contribution in [3.63, 3.8) is 0 Å². The highest BCUT2D eigenvalue weighted by molar-refractivity contribution is 5.95. The number of carbonyl (C=O) groups excluding carboxylic acids is 2. The molecule has 9 nitrogen and oxygen atoms in total. The summed E-state index contributed by atoms with van der Waals surface area (Å²) in [7, 11) is 0. The predicted molar refractivity (Wildman–Crippen MR) is 124 cm³/mol. The van der Waals surface area contributed by atoms with Crippen molar-refractivity contribution in [2.24, 2.45) is 5.41 Å². The molecule has 2 heterocycles. The van der Waals surface area contributed by atoms with Crippen LogP contribution in [0.25, 0.3) is 11.1 Å². The van der Waals surface area contributed by atoms with E-state index in [2.05, 4.69) is 27.6 Å². The molecule has 34 heavy (non-hydrogen) atoms. The molecular formula is C25H24N4O5. The average molecular weight is 460 g/mol. The van der Waals surface area contributed by atoms with Crippen LogP contribution in [0.15, 0.2) is 54.6 Å². The van der Waals surface area contributed by atoms with E-state index in [1.807, 2.05) is 36.4 Å². The number of carboxylic acids is 1. The number of benzene rings is 2. The second-order valence-electron chi connectivity index (χ2n) is 8.96. The first-order chi connectivity index (χ1) is 16.4. The Morgan fingerprint density at radius 1 is 1.15 bits per heavy atom. The third kappa shape index (κ3) is 3.79. The zero-order valence-electron chi connectivity index (χ0n) is 18.6. The number of nitrogens with zero attached hydrogens (tertiary/aromatic N) is 2. The summed E-state index contributed by atoms with van der Waals surface area (Å²) < 4.78 is 5.50. The van der Waals surface area contributed by atoms with Gasteiger partial charge in [-0.05, 0) is 35.6 Å². The van der Waals surface area contributed by atoms with Crippen molar-refractivity contribution in [1.29, 1.82) is 0 Å². The van der Waals surface area contributed by atoms with Gasteiger partial charge in [0.05, 0.1) is 5.41 Å². The molecule has 0 bridgehead atoms. The van der Waals surface area contributed by atoms with E-state index in [-0.39, 0.29) is 36.5 Å². The topological polar surface area (TPSA) is 125 Å². The Balaban J connectivity index is 1.21. The van der Waals surface area contributed by atoms with E-state index in [1.165, 1.54) is 11.0 Å². The summed E-state index contributed by atoms with van der Waals surface area (Å²) in [5.74, 6) is -1.20. The predicted octanol–water partition coefficient (Wildman–Crippen LogP) is 3.71. The van der Waals surface area contributed by atoms with E-state index in [0.717, 1.165) is 22.3 Å². The highest BCUT2D eigenvalue weighted by atomic mass is 16.5. The van der Waals surface area contributed by atoms with Crippen LogP contribution in [0.2, 0.25) is 0 Å². The molecule has 0 saturated carbocycles. The molecule has 1 fully saturated rings. The van der Waals surface area contributed by atoms with Crippen LogP contribution in [0.4, 0.5) is 10.6 Å². The van der Waals surface area contributed by atoms with Crippen LogP contribution >= 0.6 is 0 Å². The van der Waals surface area contributed by atoms with E-state index < -0.39 is 17.5 Å². The van der Waals surface area contributed by atoms with Crippen LogP contribution in [0.1, 0.15) is 40.9 Å². The average Bonchev–Trinajstić information content (AvgIpc) is 3.54. The van der Waals surface area contributed by atoms with Crippen LogP contribution in [-0.4, -0.2) is 57.9 Å². The quantitative estimate of drug-likeness (QED) is 0.533. The molecule has 1 atom stereocenters. The van der Waals surface area contributed by atoms with Gasteiger partial charge in [0.2, 0.25) is 0 Å². The zero-order valence-corrected chi connectivity index (χ0v) is 18.6. The molecule has 0 radical (unpaired) electrons. The Morgan fingerprint density at radius 2 is 1.79 bits per heavy atom. The first-order valence-corrected chi connectivity index (χ1v) is 11.1. The summed E-state index contributed by atoms with van der Waals surface area (Å²) in [5.41, 5.74) is 3.72. The Labute approximate surface area is 195 Å². The molecule has 0 spiro atoms. The summed E-state index contributed by atoms with van der Waals surface area (Å²) in [6, 6.07) is 17.6. The molecule has 1 aromatic heterocycles. The van der Waals surface area contributed by atoms with Gasteiger partial charge in [0.25, 0.3) is 5.91 Å². The summed E-state index contributed by atoms with van der Waals surface area (Å²) in [6.45, 7) is 2.25. The molecule has 3 N–H and O–H groups in total. The number of aliphatic carboxylic acids is 1. The van der Waals surface area contributed by atoms with Crippen molar-refractivity contribution in [3.8, 4) is 11.1 Å². The Morgan fingerprint density at radius 3 is 2.41 bits per heavy atom. The van der Waals surface area contributed by atoms with Gasteiger partial charge in [0.15, 0.2) is 5.82 Å². The second kappa shape index (κ2) is 8.33. The van der Waals surface area contributed by atoms with Crippen molar-refractivity contribution in [2.75, 3.05) is 25.0 Å².